The SMILES string of the molecule is OCCC1CCNC(c2ccc(F)cc2)O1. The highest BCUT2D eigenvalue weighted by Crippen LogP contribution is 2.22. The molecule has 3 nitrogen and oxygen atoms in total. The highest BCUT2D eigenvalue weighted by molar-refractivity contribution is 5.18. The fourth-order valence-corrected chi connectivity index (χ4v) is 1.87. The van der Waals surface area contributed by atoms with Gasteiger partial charge in [-0.25, -0.2) is 4.39 Å². The number of rotatable bonds is 3. The van der Waals surface area contributed by atoms with E-state index in [1.807, 2.05) is 0 Å². The van der Waals surface area contributed by atoms with Crippen molar-refractivity contribution in [2.45, 2.75) is 25.2 Å². The second kappa shape index (κ2) is 5.39. The first kappa shape index (κ1) is 11.5. The number of hydrogen-bond acceptors (Lipinski definition) is 3. The Hall–Kier alpha value is -0.970. The van der Waals surface area contributed by atoms with Crippen molar-refractivity contribution in [2.24, 2.45) is 0 Å². The predicted molar refractivity (Wildman–Crippen MR) is 58.3 cm³/mol. The number of benzene rings is 1. The van der Waals surface area contributed by atoms with Gasteiger partial charge in [0.15, 0.2) is 0 Å². The van der Waals surface area contributed by atoms with Gasteiger partial charge >= 0.3 is 0 Å². The zero-order valence-electron chi connectivity index (χ0n) is 9.03. The molecule has 4 heteroatoms. The van der Waals surface area contributed by atoms with Gasteiger partial charge in [-0.05, 0) is 30.5 Å². The smallest absolute Gasteiger partial charge is 0.134 e. The second-order valence-electron chi connectivity index (χ2n) is 3.94. The first-order valence-corrected chi connectivity index (χ1v) is 5.55. The largest absolute Gasteiger partial charge is 0.396 e. The number of nitrogens with one attached hydrogen (secondary N) is 1. The van der Waals surface area contributed by atoms with E-state index in [0.29, 0.717) is 6.42 Å². The maximum atomic E-state index is 12.8. The molecule has 1 fully saturated rings. The third-order valence-electron chi connectivity index (χ3n) is 2.75. The van der Waals surface area contributed by atoms with Crippen LogP contribution in [0.15, 0.2) is 24.3 Å². The van der Waals surface area contributed by atoms with E-state index in [4.69, 9.17) is 9.84 Å². The van der Waals surface area contributed by atoms with Gasteiger partial charge in [0, 0.05) is 13.2 Å². The number of aliphatic hydroxyl groups excluding tert-OH is 1. The normalized spacial score (nSPS) is 25.6. The van der Waals surface area contributed by atoms with Gasteiger partial charge < -0.3 is 9.84 Å². The number of aliphatic hydroxyl groups is 1. The van der Waals surface area contributed by atoms with Crippen LogP contribution in [0, 0.1) is 5.82 Å². The van der Waals surface area contributed by atoms with E-state index in [-0.39, 0.29) is 24.8 Å². The Kier molecular flexibility index (Phi) is 3.88. The van der Waals surface area contributed by atoms with Crippen LogP contribution in [0.2, 0.25) is 0 Å². The molecule has 1 aliphatic heterocycles. The summed E-state index contributed by atoms with van der Waals surface area (Å²) in [6, 6.07) is 6.29. The Morgan fingerprint density at radius 3 is 2.81 bits per heavy atom. The summed E-state index contributed by atoms with van der Waals surface area (Å²) in [5.41, 5.74) is 0.920. The molecule has 16 heavy (non-hydrogen) atoms. The molecule has 0 radical (unpaired) electrons. The van der Waals surface area contributed by atoms with Crippen LogP contribution in [0.1, 0.15) is 24.6 Å². The molecule has 0 aromatic heterocycles. The van der Waals surface area contributed by atoms with E-state index in [2.05, 4.69) is 5.32 Å². The van der Waals surface area contributed by atoms with Gasteiger partial charge in [0.05, 0.1) is 6.10 Å². The number of ether oxygens (including phenoxy) is 1. The Morgan fingerprint density at radius 1 is 1.38 bits per heavy atom. The van der Waals surface area contributed by atoms with E-state index < -0.39 is 0 Å². The summed E-state index contributed by atoms with van der Waals surface area (Å²) in [6.45, 7) is 0.994. The molecule has 1 aromatic carbocycles. The van der Waals surface area contributed by atoms with Gasteiger partial charge in [-0.1, -0.05) is 12.1 Å². The van der Waals surface area contributed by atoms with Crippen LogP contribution in [-0.4, -0.2) is 24.4 Å². The number of halogens is 1. The van der Waals surface area contributed by atoms with Crippen molar-refractivity contribution in [1.82, 2.24) is 5.32 Å². The highest BCUT2D eigenvalue weighted by Gasteiger charge is 2.22. The van der Waals surface area contributed by atoms with Crippen molar-refractivity contribution >= 4 is 0 Å². The average Bonchev–Trinajstić information content (AvgIpc) is 2.31. The zero-order valence-corrected chi connectivity index (χ0v) is 9.03. The van der Waals surface area contributed by atoms with E-state index in [1.165, 1.54) is 12.1 Å². The van der Waals surface area contributed by atoms with Gasteiger partial charge in [0.25, 0.3) is 0 Å². The monoisotopic (exact) mass is 225 g/mol. The highest BCUT2D eigenvalue weighted by atomic mass is 19.1. The van der Waals surface area contributed by atoms with Gasteiger partial charge in [0.1, 0.15) is 12.0 Å². The standard InChI is InChI=1S/C12H16FNO2/c13-10-3-1-9(2-4-10)12-14-7-5-11(16-12)6-8-15/h1-4,11-12,14-15H,5-8H2. The van der Waals surface area contributed by atoms with Gasteiger partial charge in [-0.15, -0.1) is 0 Å². The minimum atomic E-state index is -0.244. The Labute approximate surface area is 94.2 Å². The van der Waals surface area contributed by atoms with Crippen LogP contribution in [0.5, 0.6) is 0 Å². The molecule has 1 aliphatic rings. The minimum absolute atomic E-state index is 0.0845. The molecule has 0 amide bonds. The topological polar surface area (TPSA) is 41.5 Å². The lowest BCUT2D eigenvalue weighted by Gasteiger charge is -2.31. The molecule has 0 aliphatic carbocycles. The summed E-state index contributed by atoms with van der Waals surface area (Å²) in [5, 5.41) is 12.1. The molecule has 1 heterocycles. The fourth-order valence-electron chi connectivity index (χ4n) is 1.87. The quantitative estimate of drug-likeness (QED) is 0.820. The van der Waals surface area contributed by atoms with E-state index in [0.717, 1.165) is 18.5 Å². The van der Waals surface area contributed by atoms with Crippen molar-refractivity contribution < 1.29 is 14.2 Å². The molecule has 88 valence electrons. The molecular formula is C12H16FNO2. The van der Waals surface area contributed by atoms with Crippen LogP contribution < -0.4 is 5.32 Å². The third-order valence-corrected chi connectivity index (χ3v) is 2.75. The van der Waals surface area contributed by atoms with Crippen molar-refractivity contribution in [3.63, 3.8) is 0 Å². The summed E-state index contributed by atoms with van der Waals surface area (Å²) in [6.07, 6.45) is 1.45. The number of hydrogen-bond donors (Lipinski definition) is 2. The fraction of sp³-hybridized carbons (Fsp3) is 0.500. The summed E-state index contributed by atoms with van der Waals surface area (Å²) < 4.78 is 18.5. The Morgan fingerprint density at radius 2 is 2.12 bits per heavy atom. The molecule has 2 atom stereocenters. The lowest BCUT2D eigenvalue weighted by Crippen LogP contribution is -2.37. The molecule has 2 rings (SSSR count). The summed E-state index contributed by atoms with van der Waals surface area (Å²) in [5.74, 6) is -0.244. The van der Waals surface area contributed by atoms with Gasteiger partial charge in [-0.2, -0.15) is 0 Å². The summed E-state index contributed by atoms with van der Waals surface area (Å²) in [7, 11) is 0. The van der Waals surface area contributed by atoms with E-state index >= 15 is 0 Å². The van der Waals surface area contributed by atoms with Crippen molar-refractivity contribution in [3.8, 4) is 0 Å². The Bertz CT molecular complexity index is 326. The molecule has 1 saturated heterocycles. The van der Waals surface area contributed by atoms with Crippen molar-refractivity contribution in [1.29, 1.82) is 0 Å². The maximum absolute atomic E-state index is 12.8. The summed E-state index contributed by atoms with van der Waals surface area (Å²) >= 11 is 0. The summed E-state index contributed by atoms with van der Waals surface area (Å²) in [4.78, 5) is 0. The van der Waals surface area contributed by atoms with Crippen LogP contribution in [-0.2, 0) is 4.74 Å². The van der Waals surface area contributed by atoms with E-state index in [1.54, 1.807) is 12.1 Å². The second-order valence-corrected chi connectivity index (χ2v) is 3.94. The molecule has 2 N–H and O–H groups in total. The zero-order chi connectivity index (χ0) is 11.4. The Balaban J connectivity index is 2.01. The molecule has 1 aromatic rings. The molecule has 0 bridgehead atoms. The first-order valence-electron chi connectivity index (χ1n) is 5.55. The molecule has 0 spiro atoms. The lowest BCUT2D eigenvalue weighted by atomic mass is 10.1. The maximum Gasteiger partial charge on any atom is 0.134 e. The predicted octanol–water partition coefficient (Wildman–Crippen LogP) is 1.59. The lowest BCUT2D eigenvalue weighted by molar-refractivity contribution is -0.0712. The molecular weight excluding hydrogens is 209 g/mol. The van der Waals surface area contributed by atoms with Crippen LogP contribution in [0.4, 0.5) is 4.39 Å². The average molecular weight is 225 g/mol. The van der Waals surface area contributed by atoms with Crippen LogP contribution >= 0.6 is 0 Å². The van der Waals surface area contributed by atoms with E-state index in [9.17, 15) is 4.39 Å². The molecule has 0 saturated carbocycles. The minimum Gasteiger partial charge on any atom is -0.396 e. The third kappa shape index (κ3) is 2.78. The first-order chi connectivity index (χ1) is 7.79. The van der Waals surface area contributed by atoms with Gasteiger partial charge in [-0.3, -0.25) is 5.32 Å². The van der Waals surface area contributed by atoms with Gasteiger partial charge in [0.2, 0.25) is 0 Å². The van der Waals surface area contributed by atoms with Crippen LogP contribution in [0.25, 0.3) is 0 Å². The van der Waals surface area contributed by atoms with Crippen molar-refractivity contribution in [2.75, 3.05) is 13.2 Å². The molecule has 2 unspecified atom stereocenters. The van der Waals surface area contributed by atoms with Crippen LogP contribution in [0.3, 0.4) is 0 Å². The van der Waals surface area contributed by atoms with Crippen molar-refractivity contribution in [3.05, 3.63) is 35.6 Å².